The summed E-state index contributed by atoms with van der Waals surface area (Å²) in [5, 5.41) is 0. The number of nitrogens with zero attached hydrogens (tertiary/aromatic N) is 1. The zero-order valence-electron chi connectivity index (χ0n) is 15.9. The minimum Gasteiger partial charge on any atom is -0.385 e. The molecule has 0 aromatic heterocycles. The van der Waals surface area contributed by atoms with Gasteiger partial charge in [0.1, 0.15) is 0 Å². The molecule has 2 aromatic carbocycles. The molecule has 0 unspecified atom stereocenters. The predicted molar refractivity (Wildman–Crippen MR) is 112 cm³/mol. The van der Waals surface area contributed by atoms with Gasteiger partial charge in [0.05, 0.1) is 0 Å². The molecule has 0 atom stereocenters. The number of rotatable bonds is 12. The predicted octanol–water partition coefficient (Wildman–Crippen LogP) is 5.36. The van der Waals surface area contributed by atoms with Crippen molar-refractivity contribution in [2.24, 2.45) is 0 Å². The van der Waals surface area contributed by atoms with E-state index < -0.39 is 0 Å². The summed E-state index contributed by atoms with van der Waals surface area (Å²) in [5.74, 6) is 0. The molecule has 0 radical (unpaired) electrons. The van der Waals surface area contributed by atoms with E-state index in [-0.39, 0.29) is 0 Å². The molecule has 26 heavy (non-hydrogen) atoms. The number of hydrogen-bond donors (Lipinski definition) is 0. The summed E-state index contributed by atoms with van der Waals surface area (Å²) in [4.78, 5) is 2.47. The summed E-state index contributed by atoms with van der Waals surface area (Å²) in [6.45, 7) is 7.54. The second-order valence-corrected chi connectivity index (χ2v) is 6.54. The van der Waals surface area contributed by atoms with E-state index in [0.717, 1.165) is 45.5 Å². The maximum Gasteiger partial charge on any atom is 0.0474 e. The van der Waals surface area contributed by atoms with Crippen LogP contribution in [-0.4, -0.2) is 31.7 Å². The first-order valence-corrected chi connectivity index (χ1v) is 9.43. The molecule has 0 aliphatic rings. The van der Waals surface area contributed by atoms with Gasteiger partial charge >= 0.3 is 0 Å². The summed E-state index contributed by atoms with van der Waals surface area (Å²) in [5.41, 5.74) is 3.98. The Morgan fingerprint density at radius 2 is 1.73 bits per heavy atom. The largest absolute Gasteiger partial charge is 0.385 e. The summed E-state index contributed by atoms with van der Waals surface area (Å²) in [6, 6.07) is 19.5. The first kappa shape index (κ1) is 20.2. The van der Waals surface area contributed by atoms with Crippen LogP contribution in [0.1, 0.15) is 29.5 Å². The Hall–Kier alpha value is -2.16. The van der Waals surface area contributed by atoms with E-state index in [0.29, 0.717) is 0 Å². The highest BCUT2D eigenvalue weighted by molar-refractivity contribution is 5.48. The molecule has 0 aliphatic carbocycles. The van der Waals surface area contributed by atoms with Crippen LogP contribution >= 0.6 is 0 Å². The molecular weight excluding hydrogens is 318 g/mol. The number of aryl methyl sites for hydroxylation is 1. The molecule has 0 amide bonds. The molecule has 2 nitrogen and oxygen atoms in total. The highest BCUT2D eigenvalue weighted by atomic mass is 16.5. The lowest BCUT2D eigenvalue weighted by molar-refractivity contribution is 0.174. The maximum absolute atomic E-state index is 5.22. The third-order valence-electron chi connectivity index (χ3n) is 4.36. The fraction of sp³-hybridized carbons (Fsp3) is 0.333. The second-order valence-electron chi connectivity index (χ2n) is 6.54. The van der Waals surface area contributed by atoms with Gasteiger partial charge in [-0.3, -0.25) is 4.90 Å². The smallest absolute Gasteiger partial charge is 0.0474 e. The van der Waals surface area contributed by atoms with Crippen LogP contribution < -0.4 is 0 Å². The fourth-order valence-corrected chi connectivity index (χ4v) is 2.91. The lowest BCUT2D eigenvalue weighted by atomic mass is 10.1. The maximum atomic E-state index is 5.22. The van der Waals surface area contributed by atoms with E-state index in [1.807, 2.05) is 12.1 Å². The van der Waals surface area contributed by atoms with Gasteiger partial charge in [-0.05, 0) is 36.0 Å². The van der Waals surface area contributed by atoms with E-state index in [4.69, 9.17) is 4.74 Å². The number of hydrogen-bond acceptors (Lipinski definition) is 2. The van der Waals surface area contributed by atoms with Crippen molar-refractivity contribution in [1.82, 2.24) is 4.90 Å². The van der Waals surface area contributed by atoms with Crippen molar-refractivity contribution in [3.8, 4) is 0 Å². The van der Waals surface area contributed by atoms with E-state index in [9.17, 15) is 0 Å². The Morgan fingerprint density at radius 3 is 2.42 bits per heavy atom. The van der Waals surface area contributed by atoms with Crippen molar-refractivity contribution >= 4 is 6.08 Å². The standard InChI is InChI=1S/C24H31NO/c1-3-4-10-23-14-16-24(17-15-23)21-25(19-9-20-26-2)18-8-13-22-11-6-5-7-12-22/h3,5-8,11-17H,1,4,9-10,18-21H2,2H3/b13-8+. The monoisotopic (exact) mass is 349 g/mol. The van der Waals surface area contributed by atoms with Crippen LogP contribution in [0.4, 0.5) is 0 Å². The summed E-state index contributed by atoms with van der Waals surface area (Å²) in [7, 11) is 1.77. The van der Waals surface area contributed by atoms with Crippen molar-refractivity contribution in [2.75, 3.05) is 26.8 Å². The van der Waals surface area contributed by atoms with Gasteiger partial charge in [-0.25, -0.2) is 0 Å². The molecular formula is C24H31NO. The fourth-order valence-electron chi connectivity index (χ4n) is 2.91. The molecule has 0 saturated heterocycles. The minimum absolute atomic E-state index is 0.805. The van der Waals surface area contributed by atoms with Crippen molar-refractivity contribution in [3.05, 3.63) is 90.0 Å². The van der Waals surface area contributed by atoms with Gasteiger partial charge in [-0.15, -0.1) is 6.58 Å². The van der Waals surface area contributed by atoms with Crippen molar-refractivity contribution in [1.29, 1.82) is 0 Å². The molecule has 0 bridgehead atoms. The van der Waals surface area contributed by atoms with Gasteiger partial charge in [-0.1, -0.05) is 72.8 Å². The number of ether oxygens (including phenoxy) is 1. The van der Waals surface area contributed by atoms with Crippen LogP contribution in [0.25, 0.3) is 6.08 Å². The summed E-state index contributed by atoms with van der Waals surface area (Å²) in [6.07, 6.45) is 9.58. The van der Waals surface area contributed by atoms with E-state index in [1.54, 1.807) is 7.11 Å². The van der Waals surface area contributed by atoms with Gasteiger partial charge in [-0.2, -0.15) is 0 Å². The second kappa shape index (κ2) is 12.2. The molecule has 0 fully saturated rings. The third-order valence-corrected chi connectivity index (χ3v) is 4.36. The van der Waals surface area contributed by atoms with Gasteiger partial charge in [0.15, 0.2) is 0 Å². The lowest BCUT2D eigenvalue weighted by Gasteiger charge is -2.21. The van der Waals surface area contributed by atoms with Crippen molar-refractivity contribution < 1.29 is 4.74 Å². The normalized spacial score (nSPS) is 11.3. The van der Waals surface area contributed by atoms with Crippen LogP contribution in [0, 0.1) is 0 Å². The van der Waals surface area contributed by atoms with E-state index >= 15 is 0 Å². The molecule has 0 spiro atoms. The van der Waals surface area contributed by atoms with Crippen LogP contribution in [0.3, 0.4) is 0 Å². The van der Waals surface area contributed by atoms with Crippen LogP contribution in [0.2, 0.25) is 0 Å². The zero-order chi connectivity index (χ0) is 18.5. The SMILES string of the molecule is C=CCCc1ccc(CN(C/C=C/c2ccccc2)CCCOC)cc1. The molecule has 0 saturated carbocycles. The van der Waals surface area contributed by atoms with Crippen molar-refractivity contribution in [3.63, 3.8) is 0 Å². The zero-order valence-corrected chi connectivity index (χ0v) is 15.9. The Bertz CT molecular complexity index is 646. The average molecular weight is 350 g/mol. The first-order chi connectivity index (χ1) is 12.8. The summed E-state index contributed by atoms with van der Waals surface area (Å²) < 4.78 is 5.22. The Labute approximate surface area is 158 Å². The Balaban J connectivity index is 1.92. The summed E-state index contributed by atoms with van der Waals surface area (Å²) >= 11 is 0. The lowest BCUT2D eigenvalue weighted by Crippen LogP contribution is -2.25. The van der Waals surface area contributed by atoms with Gasteiger partial charge in [0.25, 0.3) is 0 Å². The van der Waals surface area contributed by atoms with Crippen molar-refractivity contribution in [2.45, 2.75) is 25.8 Å². The first-order valence-electron chi connectivity index (χ1n) is 9.43. The molecule has 2 aromatic rings. The van der Waals surface area contributed by atoms with Gasteiger partial charge in [0, 0.05) is 33.4 Å². The quantitative estimate of drug-likeness (QED) is 0.378. The highest BCUT2D eigenvalue weighted by Gasteiger charge is 2.05. The third kappa shape index (κ3) is 7.81. The van der Waals surface area contributed by atoms with Crippen LogP contribution in [-0.2, 0) is 17.7 Å². The molecule has 2 rings (SSSR count). The van der Waals surface area contributed by atoms with Crippen LogP contribution in [0.5, 0.6) is 0 Å². The Morgan fingerprint density at radius 1 is 1.00 bits per heavy atom. The van der Waals surface area contributed by atoms with Gasteiger partial charge < -0.3 is 4.74 Å². The van der Waals surface area contributed by atoms with Crippen LogP contribution in [0.15, 0.2) is 73.3 Å². The molecule has 0 heterocycles. The van der Waals surface area contributed by atoms with Gasteiger partial charge in [0.2, 0.25) is 0 Å². The topological polar surface area (TPSA) is 12.5 Å². The number of methoxy groups -OCH3 is 1. The minimum atomic E-state index is 0.805. The average Bonchev–Trinajstić information content (AvgIpc) is 2.68. The van der Waals surface area contributed by atoms with E-state index in [2.05, 4.69) is 72.2 Å². The number of benzene rings is 2. The molecule has 0 aliphatic heterocycles. The molecule has 2 heteroatoms. The molecule has 0 N–H and O–H groups in total. The Kier molecular flexibility index (Phi) is 9.48. The molecule has 138 valence electrons. The van der Waals surface area contributed by atoms with E-state index in [1.165, 1.54) is 16.7 Å². The number of allylic oxidation sites excluding steroid dienone is 1. The highest BCUT2D eigenvalue weighted by Crippen LogP contribution is 2.11.